The van der Waals surface area contributed by atoms with Crippen LogP contribution in [0.4, 0.5) is 4.39 Å². The van der Waals surface area contributed by atoms with Gasteiger partial charge in [-0.1, -0.05) is 26.5 Å². The van der Waals surface area contributed by atoms with Crippen molar-refractivity contribution in [2.75, 3.05) is 26.2 Å². The molecule has 6 nitrogen and oxygen atoms in total. The molecule has 1 aliphatic rings. The maximum Gasteiger partial charge on any atom is 0.254 e. The molecule has 0 unspecified atom stereocenters. The minimum absolute atomic E-state index is 0. The van der Waals surface area contributed by atoms with Crippen LogP contribution in [-0.4, -0.2) is 51.9 Å². The molecule has 3 aromatic rings. The Kier molecular flexibility index (Phi) is 9.88. The molecule has 1 amide bonds. The molecule has 1 aromatic carbocycles. The molecule has 0 spiro atoms. The summed E-state index contributed by atoms with van der Waals surface area (Å²) in [6, 6.07) is 10.3. The van der Waals surface area contributed by atoms with Gasteiger partial charge in [-0.25, -0.2) is 4.39 Å². The molecule has 3 heterocycles. The van der Waals surface area contributed by atoms with E-state index in [1.165, 1.54) is 12.1 Å². The molecule has 1 fully saturated rings. The van der Waals surface area contributed by atoms with Crippen LogP contribution in [0.2, 0.25) is 0 Å². The first kappa shape index (κ1) is 26.4. The predicted octanol–water partition coefficient (Wildman–Crippen LogP) is 4.05. The van der Waals surface area contributed by atoms with E-state index in [0.29, 0.717) is 31.5 Å². The minimum Gasteiger partial charge on any atom is -0.336 e. The second-order valence-electron chi connectivity index (χ2n) is 7.91. The molecule has 4 rings (SSSR count). The Bertz CT molecular complexity index is 1030. The average Bonchev–Trinajstić information content (AvgIpc) is 2.80. The van der Waals surface area contributed by atoms with Crippen molar-refractivity contribution >= 4 is 18.3 Å². The molecule has 1 atom stereocenters. The molecule has 0 radical (unpaired) electrons. The van der Waals surface area contributed by atoms with Crippen molar-refractivity contribution in [2.45, 2.75) is 33.1 Å². The van der Waals surface area contributed by atoms with Crippen molar-refractivity contribution in [3.05, 3.63) is 89.0 Å². The lowest BCUT2D eigenvalue weighted by Crippen LogP contribution is -2.46. The second-order valence-corrected chi connectivity index (χ2v) is 7.91. The summed E-state index contributed by atoms with van der Waals surface area (Å²) in [5.41, 5.74) is 4.13. The molecule has 0 bridgehead atoms. The highest BCUT2D eigenvalue weighted by molar-refractivity contribution is 5.94. The average molecular weight is 472 g/mol. The van der Waals surface area contributed by atoms with Gasteiger partial charge in [0.05, 0.1) is 5.69 Å². The number of benzene rings is 1. The summed E-state index contributed by atoms with van der Waals surface area (Å²) in [5, 5.41) is 3.28. The first-order valence-electron chi connectivity index (χ1n) is 10.6. The zero-order valence-corrected chi connectivity index (χ0v) is 18.8. The molecule has 33 heavy (non-hydrogen) atoms. The van der Waals surface area contributed by atoms with Gasteiger partial charge in [0, 0.05) is 68.1 Å². The van der Waals surface area contributed by atoms with Crippen LogP contribution in [0.15, 0.2) is 55.0 Å². The molecule has 0 saturated carbocycles. The normalized spacial score (nSPS) is 14.1. The zero-order chi connectivity index (χ0) is 21.6. The first-order chi connectivity index (χ1) is 15.1. The largest absolute Gasteiger partial charge is 0.336 e. The van der Waals surface area contributed by atoms with Crippen LogP contribution in [0.1, 0.15) is 53.3 Å². The van der Waals surface area contributed by atoms with Crippen molar-refractivity contribution in [1.82, 2.24) is 25.2 Å². The lowest BCUT2D eigenvalue weighted by Gasteiger charge is -2.27. The number of nitrogens with one attached hydrogen (secondary N) is 1. The maximum atomic E-state index is 13.3. The van der Waals surface area contributed by atoms with Crippen molar-refractivity contribution in [3.63, 3.8) is 0 Å². The van der Waals surface area contributed by atoms with Gasteiger partial charge in [-0.3, -0.25) is 19.7 Å². The molecule has 1 aliphatic heterocycles. The van der Waals surface area contributed by atoms with Gasteiger partial charge >= 0.3 is 0 Å². The lowest BCUT2D eigenvalue weighted by atomic mass is 9.95. The first-order valence-corrected chi connectivity index (χ1v) is 10.6. The van der Waals surface area contributed by atoms with E-state index in [9.17, 15) is 9.18 Å². The third-order valence-corrected chi connectivity index (χ3v) is 5.52. The number of carbonyl (C=O) groups excluding carboxylic acids is 1. The minimum atomic E-state index is -0.246. The Morgan fingerprint density at radius 1 is 1.09 bits per heavy atom. The highest BCUT2D eigenvalue weighted by Crippen LogP contribution is 2.22. The Balaban J connectivity index is 0.00000193. The fourth-order valence-electron chi connectivity index (χ4n) is 3.85. The Labute approximate surface area is 201 Å². The van der Waals surface area contributed by atoms with E-state index in [1.54, 1.807) is 30.7 Å². The van der Waals surface area contributed by atoms with E-state index in [4.69, 9.17) is 4.98 Å². The summed E-state index contributed by atoms with van der Waals surface area (Å²) in [4.78, 5) is 28.3. The molecule has 1 N–H and O–H groups in total. The van der Waals surface area contributed by atoms with Gasteiger partial charge in [0.1, 0.15) is 5.82 Å². The van der Waals surface area contributed by atoms with E-state index in [1.807, 2.05) is 17.0 Å². The summed E-state index contributed by atoms with van der Waals surface area (Å²) in [7, 11) is 0. The number of pyridine rings is 1. The van der Waals surface area contributed by atoms with Crippen LogP contribution < -0.4 is 5.32 Å². The number of nitrogens with zero attached hydrogens (tertiary/aromatic N) is 4. The number of rotatable bonds is 6. The molecule has 0 aliphatic carbocycles. The Hall–Kier alpha value is -2.90. The van der Waals surface area contributed by atoms with E-state index in [-0.39, 0.29) is 37.5 Å². The van der Waals surface area contributed by atoms with Crippen LogP contribution in [0.25, 0.3) is 0 Å². The summed E-state index contributed by atoms with van der Waals surface area (Å²) in [6.07, 6.45) is 6.17. The molecule has 2 aromatic heterocycles. The maximum absolute atomic E-state index is 13.3. The van der Waals surface area contributed by atoms with Crippen molar-refractivity contribution in [3.8, 4) is 0 Å². The molecule has 1 saturated heterocycles. The van der Waals surface area contributed by atoms with Gasteiger partial charge < -0.3 is 10.2 Å². The number of halogens is 2. The topological polar surface area (TPSA) is 71.0 Å². The molecular formula is C25H31ClFN5O. The third kappa shape index (κ3) is 7.04. The smallest absolute Gasteiger partial charge is 0.254 e. The number of aromatic nitrogens is 3. The monoisotopic (exact) mass is 471 g/mol. The van der Waals surface area contributed by atoms with Crippen molar-refractivity contribution in [2.24, 2.45) is 0 Å². The van der Waals surface area contributed by atoms with Gasteiger partial charge in [0.15, 0.2) is 0 Å². The molecule has 8 heteroatoms. The van der Waals surface area contributed by atoms with Crippen LogP contribution in [-0.2, 0) is 12.8 Å². The third-order valence-electron chi connectivity index (χ3n) is 5.52. The second kappa shape index (κ2) is 12.4. The number of hydrogen-bond donors (Lipinski definition) is 1. The van der Waals surface area contributed by atoms with Crippen molar-refractivity contribution in [1.29, 1.82) is 0 Å². The number of piperazine rings is 1. The van der Waals surface area contributed by atoms with Gasteiger partial charge in [0.25, 0.3) is 5.91 Å². The lowest BCUT2D eigenvalue weighted by molar-refractivity contribution is 0.0735. The summed E-state index contributed by atoms with van der Waals surface area (Å²) >= 11 is 0. The number of hydrogen-bond acceptors (Lipinski definition) is 5. The zero-order valence-electron chi connectivity index (χ0n) is 18.0. The quantitative estimate of drug-likeness (QED) is 0.587. The van der Waals surface area contributed by atoms with Crippen LogP contribution in [0.5, 0.6) is 0 Å². The standard InChI is InChI=1S/C24H26FN5O.CH4.ClH/c1-17(18-2-4-20(25)5-3-18)12-21-13-19(24(31)30-10-8-26-9-11-30)14-22(29-21)15-23-16-27-6-7-28-23;;/h2-7,13-14,16-17,26H,8-12,15H2,1H3;1H4;1H/t17-;;/m1../s1. The number of amides is 1. The SMILES string of the molecule is C.C[C@H](Cc1cc(C(=O)N2CCNCC2)cc(Cc2cnccn2)n1)c1ccc(F)cc1.Cl. The van der Waals surface area contributed by atoms with Crippen LogP contribution in [0, 0.1) is 5.82 Å². The van der Waals surface area contributed by atoms with Gasteiger partial charge in [0.2, 0.25) is 0 Å². The van der Waals surface area contributed by atoms with Crippen LogP contribution in [0.3, 0.4) is 0 Å². The van der Waals surface area contributed by atoms with Crippen LogP contribution >= 0.6 is 12.4 Å². The highest BCUT2D eigenvalue weighted by Gasteiger charge is 2.20. The van der Waals surface area contributed by atoms with E-state index >= 15 is 0 Å². The fraction of sp³-hybridized carbons (Fsp3) is 0.360. The fourth-order valence-corrected chi connectivity index (χ4v) is 3.85. The molecule has 176 valence electrons. The predicted molar refractivity (Wildman–Crippen MR) is 130 cm³/mol. The van der Waals surface area contributed by atoms with Crippen molar-refractivity contribution < 1.29 is 9.18 Å². The van der Waals surface area contributed by atoms with E-state index in [2.05, 4.69) is 22.2 Å². The number of carbonyl (C=O) groups is 1. The Morgan fingerprint density at radius 3 is 2.45 bits per heavy atom. The van der Waals surface area contributed by atoms with E-state index < -0.39 is 0 Å². The summed E-state index contributed by atoms with van der Waals surface area (Å²) in [6.45, 7) is 5.08. The Morgan fingerprint density at radius 2 is 1.79 bits per heavy atom. The van der Waals surface area contributed by atoms with Gasteiger partial charge in [-0.15, -0.1) is 12.4 Å². The van der Waals surface area contributed by atoms with Gasteiger partial charge in [-0.05, 0) is 42.2 Å². The summed E-state index contributed by atoms with van der Waals surface area (Å²) in [5.74, 6) is -0.0778. The summed E-state index contributed by atoms with van der Waals surface area (Å²) < 4.78 is 13.3. The van der Waals surface area contributed by atoms with E-state index in [0.717, 1.165) is 35.7 Å². The molecular weight excluding hydrogens is 441 g/mol. The van der Waals surface area contributed by atoms with Gasteiger partial charge in [-0.2, -0.15) is 0 Å². The highest BCUT2D eigenvalue weighted by atomic mass is 35.5.